The van der Waals surface area contributed by atoms with Crippen LogP contribution < -0.4 is 14.4 Å². The minimum absolute atomic E-state index is 0.216. The molecule has 1 atom stereocenters. The van der Waals surface area contributed by atoms with Crippen molar-refractivity contribution in [1.29, 1.82) is 0 Å². The molecule has 0 aliphatic carbocycles. The third kappa shape index (κ3) is 5.73. The highest BCUT2D eigenvalue weighted by Gasteiger charge is 2.24. The Morgan fingerprint density at radius 2 is 1.79 bits per heavy atom. The van der Waals surface area contributed by atoms with Gasteiger partial charge in [-0.15, -0.1) is 0 Å². The molecule has 0 saturated heterocycles. The molecule has 6 nitrogen and oxygen atoms in total. The third-order valence-electron chi connectivity index (χ3n) is 4.89. The number of benzene rings is 2. The lowest BCUT2D eigenvalue weighted by atomic mass is 10.0. The van der Waals surface area contributed by atoms with Gasteiger partial charge in [-0.25, -0.2) is 8.42 Å². The fraction of sp³-hybridized carbons (Fsp3) is 0.409. The molecule has 0 unspecified atom stereocenters. The van der Waals surface area contributed by atoms with Gasteiger partial charge in [0.15, 0.2) is 0 Å². The number of carbonyl (C=O) groups is 1. The summed E-state index contributed by atoms with van der Waals surface area (Å²) >= 11 is 0. The molecule has 2 rings (SSSR count). The van der Waals surface area contributed by atoms with E-state index < -0.39 is 10.0 Å². The third-order valence-corrected chi connectivity index (χ3v) is 6.01. The van der Waals surface area contributed by atoms with E-state index in [1.807, 2.05) is 58.0 Å². The van der Waals surface area contributed by atoms with Gasteiger partial charge in [0.2, 0.25) is 15.9 Å². The number of aryl methyl sites for hydroxylation is 3. The maximum absolute atomic E-state index is 12.8. The van der Waals surface area contributed by atoms with E-state index in [1.54, 1.807) is 13.2 Å². The molecule has 158 valence electrons. The van der Waals surface area contributed by atoms with Gasteiger partial charge in [-0.3, -0.25) is 9.10 Å². The molecule has 0 radical (unpaired) electrons. The summed E-state index contributed by atoms with van der Waals surface area (Å²) in [5.74, 6) is 0.435. The Bertz CT molecular complexity index is 986. The van der Waals surface area contributed by atoms with Gasteiger partial charge in [-0.2, -0.15) is 0 Å². The number of hydrogen-bond acceptors (Lipinski definition) is 4. The number of sulfonamides is 1. The topological polar surface area (TPSA) is 75.7 Å². The number of methoxy groups -OCH3 is 1. The van der Waals surface area contributed by atoms with Crippen molar-refractivity contribution >= 4 is 21.6 Å². The predicted octanol–water partition coefficient (Wildman–Crippen LogP) is 3.65. The normalized spacial score (nSPS) is 12.3. The summed E-state index contributed by atoms with van der Waals surface area (Å²) in [6, 6.07) is 11.1. The number of ether oxygens (including phenoxy) is 1. The van der Waals surface area contributed by atoms with E-state index in [9.17, 15) is 13.2 Å². The number of carbonyl (C=O) groups excluding carboxylic acids is 1. The first-order valence-electron chi connectivity index (χ1n) is 9.55. The van der Waals surface area contributed by atoms with Crippen LogP contribution in [0.5, 0.6) is 5.75 Å². The molecule has 2 aromatic rings. The van der Waals surface area contributed by atoms with Crippen molar-refractivity contribution in [3.8, 4) is 5.75 Å². The zero-order valence-corrected chi connectivity index (χ0v) is 18.8. The standard InChI is InChI=1S/C22H30N2O4S/c1-7-19(18-10-11-21(28-5)17(4)13-18)23-22(25)14-24(29(6,26)27)20-12-15(2)8-9-16(20)3/h8-13,19H,7,14H2,1-6H3,(H,23,25)/t19-/m1/s1. The van der Waals surface area contributed by atoms with E-state index in [-0.39, 0.29) is 18.5 Å². The number of hydrogen-bond donors (Lipinski definition) is 1. The molecule has 7 heteroatoms. The van der Waals surface area contributed by atoms with Crippen LogP contribution in [0.3, 0.4) is 0 Å². The molecule has 29 heavy (non-hydrogen) atoms. The zero-order valence-electron chi connectivity index (χ0n) is 17.9. The Balaban J connectivity index is 2.25. The number of anilines is 1. The van der Waals surface area contributed by atoms with Crippen LogP contribution in [0.2, 0.25) is 0 Å². The minimum Gasteiger partial charge on any atom is -0.496 e. The first-order valence-corrected chi connectivity index (χ1v) is 11.4. The second-order valence-electron chi connectivity index (χ2n) is 7.32. The van der Waals surface area contributed by atoms with E-state index in [1.165, 1.54) is 0 Å². The summed E-state index contributed by atoms with van der Waals surface area (Å²) in [6.07, 6.45) is 1.80. The van der Waals surface area contributed by atoms with Crippen molar-refractivity contribution in [3.05, 3.63) is 58.7 Å². The average molecular weight is 419 g/mol. The Labute approximate surface area is 173 Å². The predicted molar refractivity (Wildman–Crippen MR) is 117 cm³/mol. The fourth-order valence-electron chi connectivity index (χ4n) is 3.28. The average Bonchev–Trinajstić information content (AvgIpc) is 2.65. The second kappa shape index (κ2) is 9.31. The van der Waals surface area contributed by atoms with E-state index in [2.05, 4.69) is 5.32 Å². The van der Waals surface area contributed by atoms with Gasteiger partial charge in [-0.05, 0) is 61.6 Å². The van der Waals surface area contributed by atoms with Crippen molar-refractivity contribution in [2.75, 3.05) is 24.2 Å². The smallest absolute Gasteiger partial charge is 0.241 e. The maximum Gasteiger partial charge on any atom is 0.241 e. The number of nitrogens with zero attached hydrogens (tertiary/aromatic N) is 1. The zero-order chi connectivity index (χ0) is 21.8. The van der Waals surface area contributed by atoms with Crippen molar-refractivity contribution in [3.63, 3.8) is 0 Å². The molecule has 0 heterocycles. The lowest BCUT2D eigenvalue weighted by molar-refractivity contribution is -0.120. The summed E-state index contributed by atoms with van der Waals surface area (Å²) in [4.78, 5) is 12.8. The summed E-state index contributed by atoms with van der Waals surface area (Å²) in [7, 11) is -2.00. The molecule has 1 amide bonds. The molecule has 0 bridgehead atoms. The van der Waals surface area contributed by atoms with Crippen LogP contribution >= 0.6 is 0 Å². The van der Waals surface area contributed by atoms with Gasteiger partial charge in [-0.1, -0.05) is 31.2 Å². The van der Waals surface area contributed by atoms with Crippen LogP contribution in [0.25, 0.3) is 0 Å². The molecule has 0 spiro atoms. The van der Waals surface area contributed by atoms with Crippen LogP contribution in [-0.2, 0) is 14.8 Å². The van der Waals surface area contributed by atoms with E-state index in [0.29, 0.717) is 12.1 Å². The highest BCUT2D eigenvalue weighted by molar-refractivity contribution is 7.92. The summed E-state index contributed by atoms with van der Waals surface area (Å²) < 4.78 is 31.3. The molecule has 0 aliphatic rings. The van der Waals surface area contributed by atoms with Crippen LogP contribution in [0.1, 0.15) is 41.6 Å². The van der Waals surface area contributed by atoms with E-state index >= 15 is 0 Å². The van der Waals surface area contributed by atoms with Gasteiger partial charge < -0.3 is 10.1 Å². The molecular weight excluding hydrogens is 388 g/mol. The highest BCUT2D eigenvalue weighted by atomic mass is 32.2. The van der Waals surface area contributed by atoms with Crippen LogP contribution in [0.15, 0.2) is 36.4 Å². The number of rotatable bonds is 8. The van der Waals surface area contributed by atoms with Crippen LogP contribution in [-0.4, -0.2) is 34.2 Å². The van der Waals surface area contributed by atoms with Crippen LogP contribution in [0.4, 0.5) is 5.69 Å². The first-order chi connectivity index (χ1) is 13.6. The monoisotopic (exact) mass is 418 g/mol. The van der Waals surface area contributed by atoms with Gasteiger partial charge in [0, 0.05) is 0 Å². The first kappa shape index (κ1) is 22.7. The molecule has 2 aromatic carbocycles. The fourth-order valence-corrected chi connectivity index (χ4v) is 4.18. The molecular formula is C22H30N2O4S. The van der Waals surface area contributed by atoms with Crippen LogP contribution in [0, 0.1) is 20.8 Å². The van der Waals surface area contributed by atoms with Gasteiger partial charge in [0.25, 0.3) is 0 Å². The molecule has 0 aromatic heterocycles. The Morgan fingerprint density at radius 1 is 1.10 bits per heavy atom. The highest BCUT2D eigenvalue weighted by Crippen LogP contribution is 2.26. The molecule has 0 saturated carbocycles. The number of amides is 1. The maximum atomic E-state index is 12.8. The lowest BCUT2D eigenvalue weighted by Crippen LogP contribution is -2.41. The Morgan fingerprint density at radius 3 is 2.34 bits per heavy atom. The molecule has 1 N–H and O–H groups in total. The van der Waals surface area contributed by atoms with Crippen molar-refractivity contribution < 1.29 is 17.9 Å². The molecule has 0 fully saturated rings. The quantitative estimate of drug-likeness (QED) is 0.710. The SMILES string of the molecule is CC[C@@H](NC(=O)CN(c1cc(C)ccc1C)S(C)(=O)=O)c1ccc(OC)c(C)c1. The Hall–Kier alpha value is -2.54. The van der Waals surface area contributed by atoms with Crippen molar-refractivity contribution in [1.82, 2.24) is 5.32 Å². The Kier molecular flexibility index (Phi) is 7.30. The van der Waals surface area contributed by atoms with Gasteiger partial charge in [0.05, 0.1) is 25.1 Å². The van der Waals surface area contributed by atoms with Crippen molar-refractivity contribution in [2.45, 2.75) is 40.2 Å². The van der Waals surface area contributed by atoms with E-state index in [4.69, 9.17) is 4.74 Å². The summed E-state index contributed by atoms with van der Waals surface area (Å²) in [6.45, 7) is 7.38. The summed E-state index contributed by atoms with van der Waals surface area (Å²) in [5.41, 5.74) is 4.19. The van der Waals surface area contributed by atoms with Crippen molar-refractivity contribution in [2.24, 2.45) is 0 Å². The van der Waals surface area contributed by atoms with Gasteiger partial charge in [0.1, 0.15) is 12.3 Å². The second-order valence-corrected chi connectivity index (χ2v) is 9.22. The van der Waals surface area contributed by atoms with E-state index in [0.717, 1.165) is 38.6 Å². The number of nitrogens with one attached hydrogen (secondary N) is 1. The lowest BCUT2D eigenvalue weighted by Gasteiger charge is -2.26. The van der Waals surface area contributed by atoms with Gasteiger partial charge >= 0.3 is 0 Å². The summed E-state index contributed by atoms with van der Waals surface area (Å²) in [5, 5.41) is 2.97. The minimum atomic E-state index is -3.62. The molecule has 0 aliphatic heterocycles. The largest absolute Gasteiger partial charge is 0.496 e.